The van der Waals surface area contributed by atoms with Gasteiger partial charge in [-0.2, -0.15) is 10.6 Å². The molecule has 2 rings (SSSR count). The van der Waals surface area contributed by atoms with Gasteiger partial charge in [0, 0.05) is 0 Å². The van der Waals surface area contributed by atoms with Crippen molar-refractivity contribution in [1.29, 1.82) is 0 Å². The van der Waals surface area contributed by atoms with Gasteiger partial charge in [0.25, 0.3) is 0 Å². The van der Waals surface area contributed by atoms with Crippen LogP contribution < -0.4 is 5.48 Å². The van der Waals surface area contributed by atoms with Crippen LogP contribution in [0.15, 0.2) is 24.5 Å². The Morgan fingerprint density at radius 2 is 2.73 bits per heavy atom. The van der Waals surface area contributed by atoms with Crippen LogP contribution in [0.3, 0.4) is 0 Å². The minimum atomic E-state index is 0.646. The molecule has 1 aliphatic heterocycles. The summed E-state index contributed by atoms with van der Waals surface area (Å²) in [4.78, 5) is 8.86. The first-order valence-electron chi connectivity index (χ1n) is 3.36. The van der Waals surface area contributed by atoms with Gasteiger partial charge in [-0.05, 0) is 6.08 Å². The highest BCUT2D eigenvalue weighted by Crippen LogP contribution is 2.02. The van der Waals surface area contributed by atoms with Crippen LogP contribution in [-0.4, -0.2) is 21.3 Å². The highest BCUT2D eigenvalue weighted by atomic mass is 16.7. The van der Waals surface area contributed by atoms with Gasteiger partial charge in [-0.3, -0.25) is 0 Å². The van der Waals surface area contributed by atoms with Gasteiger partial charge in [-0.25, -0.2) is 9.67 Å². The van der Waals surface area contributed by atoms with Crippen molar-refractivity contribution >= 4 is 0 Å². The summed E-state index contributed by atoms with van der Waals surface area (Å²) >= 11 is 0. The van der Waals surface area contributed by atoms with E-state index in [-0.39, 0.29) is 0 Å². The fourth-order valence-corrected chi connectivity index (χ4v) is 0.902. The number of allylic oxidation sites excluding steroid dienone is 1. The lowest BCUT2D eigenvalue weighted by Gasteiger charge is -2.00. The molecule has 0 fully saturated rings. The average Bonchev–Trinajstić information content (AvgIpc) is 2.60. The van der Waals surface area contributed by atoms with E-state index >= 15 is 0 Å². The van der Waals surface area contributed by atoms with Gasteiger partial charge in [0.15, 0.2) is 0 Å². The summed E-state index contributed by atoms with van der Waals surface area (Å²) in [6.07, 6.45) is 5.13. The van der Waals surface area contributed by atoms with Crippen LogP contribution in [0.4, 0.5) is 0 Å². The minimum absolute atomic E-state index is 0.646. The van der Waals surface area contributed by atoms with Crippen molar-refractivity contribution < 1.29 is 4.84 Å². The lowest BCUT2D eigenvalue weighted by Crippen LogP contribution is -2.08. The molecule has 0 spiro atoms. The molecular formula is C6H8N4O. The normalized spacial score (nSPS) is 16.2. The molecule has 0 atom stereocenters. The molecule has 0 amide bonds. The quantitative estimate of drug-likeness (QED) is 0.632. The molecule has 58 valence electrons. The maximum atomic E-state index is 5.05. The molecule has 0 saturated carbocycles. The molecule has 5 heteroatoms. The first kappa shape index (κ1) is 6.36. The van der Waals surface area contributed by atoms with Gasteiger partial charge in [-0.1, -0.05) is 0 Å². The van der Waals surface area contributed by atoms with E-state index in [0.717, 1.165) is 12.3 Å². The van der Waals surface area contributed by atoms with Crippen LogP contribution in [-0.2, 0) is 11.4 Å². The van der Waals surface area contributed by atoms with E-state index in [0.29, 0.717) is 6.54 Å². The molecular weight excluding hydrogens is 144 g/mol. The third-order valence-electron chi connectivity index (χ3n) is 1.40. The molecule has 1 aliphatic rings. The fraction of sp³-hybridized carbons (Fsp3) is 0.333. The molecule has 1 N–H and O–H groups in total. The van der Waals surface area contributed by atoms with E-state index in [4.69, 9.17) is 4.84 Å². The summed E-state index contributed by atoms with van der Waals surface area (Å²) in [5.41, 5.74) is 2.73. The lowest BCUT2D eigenvalue weighted by molar-refractivity contribution is 0.127. The Balaban J connectivity index is 2.00. The first-order valence-corrected chi connectivity index (χ1v) is 3.36. The SMILES string of the molecule is C1=C(Cn2cncn2)ONC1. The summed E-state index contributed by atoms with van der Waals surface area (Å²) in [6.45, 7) is 1.41. The molecule has 0 radical (unpaired) electrons. The van der Waals surface area contributed by atoms with Crippen LogP contribution in [0.1, 0.15) is 0 Å². The molecule has 0 unspecified atom stereocenters. The lowest BCUT2D eigenvalue weighted by atomic mass is 10.4. The fourth-order valence-electron chi connectivity index (χ4n) is 0.902. The monoisotopic (exact) mass is 152 g/mol. The Bertz CT molecular complexity index is 254. The Labute approximate surface area is 63.6 Å². The molecule has 0 aromatic carbocycles. The van der Waals surface area contributed by atoms with Crippen LogP contribution >= 0.6 is 0 Å². The maximum Gasteiger partial charge on any atom is 0.143 e. The van der Waals surface area contributed by atoms with Crippen LogP contribution in [0.25, 0.3) is 0 Å². The van der Waals surface area contributed by atoms with Crippen molar-refractivity contribution in [3.8, 4) is 0 Å². The molecule has 0 bridgehead atoms. The minimum Gasteiger partial charge on any atom is -0.411 e. The van der Waals surface area contributed by atoms with Crippen molar-refractivity contribution in [3.63, 3.8) is 0 Å². The van der Waals surface area contributed by atoms with E-state index in [2.05, 4.69) is 15.6 Å². The highest BCUT2D eigenvalue weighted by molar-refractivity contribution is 4.97. The Morgan fingerprint density at radius 3 is 3.36 bits per heavy atom. The van der Waals surface area contributed by atoms with E-state index in [9.17, 15) is 0 Å². The van der Waals surface area contributed by atoms with E-state index in [1.165, 1.54) is 6.33 Å². The van der Waals surface area contributed by atoms with Gasteiger partial charge < -0.3 is 4.84 Å². The van der Waals surface area contributed by atoms with Crippen molar-refractivity contribution in [1.82, 2.24) is 20.2 Å². The Kier molecular flexibility index (Phi) is 1.57. The zero-order valence-corrected chi connectivity index (χ0v) is 5.90. The van der Waals surface area contributed by atoms with Crippen molar-refractivity contribution in [3.05, 3.63) is 24.5 Å². The number of nitrogens with one attached hydrogen (secondary N) is 1. The van der Waals surface area contributed by atoms with Crippen molar-refractivity contribution in [2.75, 3.05) is 6.54 Å². The summed E-state index contributed by atoms with van der Waals surface area (Å²) in [6, 6.07) is 0. The van der Waals surface area contributed by atoms with E-state index < -0.39 is 0 Å². The van der Waals surface area contributed by atoms with Gasteiger partial charge >= 0.3 is 0 Å². The Hall–Kier alpha value is -1.36. The maximum absolute atomic E-state index is 5.05. The number of nitrogens with zero attached hydrogens (tertiary/aromatic N) is 3. The third-order valence-corrected chi connectivity index (χ3v) is 1.40. The summed E-state index contributed by atoms with van der Waals surface area (Å²) in [5.74, 6) is 0.885. The van der Waals surface area contributed by atoms with Crippen molar-refractivity contribution in [2.45, 2.75) is 6.54 Å². The predicted molar refractivity (Wildman–Crippen MR) is 37.2 cm³/mol. The number of aromatic nitrogens is 3. The molecule has 5 nitrogen and oxygen atoms in total. The van der Waals surface area contributed by atoms with Gasteiger partial charge in [-0.15, -0.1) is 0 Å². The van der Waals surface area contributed by atoms with Crippen LogP contribution in [0, 0.1) is 0 Å². The molecule has 1 aromatic rings. The smallest absolute Gasteiger partial charge is 0.143 e. The number of hydroxylamine groups is 1. The highest BCUT2D eigenvalue weighted by Gasteiger charge is 2.05. The number of hydrogen-bond acceptors (Lipinski definition) is 4. The third kappa shape index (κ3) is 1.38. The molecule has 1 aromatic heterocycles. The van der Waals surface area contributed by atoms with Crippen LogP contribution in [0.2, 0.25) is 0 Å². The van der Waals surface area contributed by atoms with Crippen molar-refractivity contribution in [2.24, 2.45) is 0 Å². The first-order chi connectivity index (χ1) is 5.45. The van der Waals surface area contributed by atoms with Gasteiger partial charge in [0.2, 0.25) is 0 Å². The van der Waals surface area contributed by atoms with E-state index in [1.54, 1.807) is 11.0 Å². The van der Waals surface area contributed by atoms with E-state index in [1.807, 2.05) is 6.08 Å². The summed E-state index contributed by atoms with van der Waals surface area (Å²) in [7, 11) is 0. The largest absolute Gasteiger partial charge is 0.411 e. The standard InChI is InChI=1S/C6H8N4O/c1-2-9-11-6(1)3-10-5-7-4-8-10/h1,4-5,9H,2-3H2. The van der Waals surface area contributed by atoms with Gasteiger partial charge in [0.05, 0.1) is 6.54 Å². The number of rotatable bonds is 2. The predicted octanol–water partition coefficient (Wildman–Crippen LogP) is -0.303. The molecule has 11 heavy (non-hydrogen) atoms. The number of hydrogen-bond donors (Lipinski definition) is 1. The zero-order valence-electron chi connectivity index (χ0n) is 5.90. The molecule has 0 saturated heterocycles. The Morgan fingerprint density at radius 1 is 1.73 bits per heavy atom. The molecule has 2 heterocycles. The zero-order chi connectivity index (χ0) is 7.52. The summed E-state index contributed by atoms with van der Waals surface area (Å²) in [5, 5.41) is 3.94. The second kappa shape index (κ2) is 2.71. The molecule has 0 aliphatic carbocycles. The van der Waals surface area contributed by atoms with Gasteiger partial charge in [0.1, 0.15) is 25.0 Å². The second-order valence-corrected chi connectivity index (χ2v) is 2.21. The summed E-state index contributed by atoms with van der Waals surface area (Å²) < 4.78 is 1.71. The second-order valence-electron chi connectivity index (χ2n) is 2.21. The van der Waals surface area contributed by atoms with Crippen LogP contribution in [0.5, 0.6) is 0 Å². The topological polar surface area (TPSA) is 52.0 Å². The average molecular weight is 152 g/mol.